The molecule has 1 N–H and O–H groups in total. The molecule has 4 aliphatic rings. The van der Waals surface area contributed by atoms with E-state index in [0.717, 1.165) is 24.8 Å². The quantitative estimate of drug-likeness (QED) is 0.676. The lowest BCUT2D eigenvalue weighted by Crippen LogP contribution is -2.61. The van der Waals surface area contributed by atoms with Gasteiger partial charge < -0.3 is 0 Å². The third kappa shape index (κ3) is 3.93. The van der Waals surface area contributed by atoms with Crippen LogP contribution in [0.4, 0.5) is 0 Å². The molecule has 1 aromatic rings. The van der Waals surface area contributed by atoms with E-state index in [1.165, 1.54) is 19.3 Å². The summed E-state index contributed by atoms with van der Waals surface area (Å²) in [5, 5.41) is -0.580. The van der Waals surface area contributed by atoms with E-state index in [-0.39, 0.29) is 5.41 Å². The van der Waals surface area contributed by atoms with Crippen molar-refractivity contribution in [3.8, 4) is 0 Å². The molecule has 4 aliphatic carbocycles. The van der Waals surface area contributed by atoms with Crippen LogP contribution >= 0.6 is 0 Å². The molecule has 0 spiro atoms. The van der Waals surface area contributed by atoms with Gasteiger partial charge in [-0.25, -0.2) is 17.3 Å². The van der Waals surface area contributed by atoms with Crippen LogP contribution in [-0.4, -0.2) is 28.7 Å². The van der Waals surface area contributed by atoms with Gasteiger partial charge in [0.2, 0.25) is 0 Å². The van der Waals surface area contributed by atoms with Crippen molar-refractivity contribution in [3.05, 3.63) is 29.8 Å². The van der Waals surface area contributed by atoms with Gasteiger partial charge in [-0.1, -0.05) is 38.5 Å². The summed E-state index contributed by atoms with van der Waals surface area (Å²) in [7, 11) is -4.82. The maximum absolute atomic E-state index is 14.1. The molecule has 1 unspecified atom stereocenters. The molecule has 3 atom stereocenters. The monoisotopic (exact) mass is 451 g/mol. The summed E-state index contributed by atoms with van der Waals surface area (Å²) in [6.45, 7) is 9.98. The van der Waals surface area contributed by atoms with Crippen LogP contribution in [0.25, 0.3) is 0 Å². The molecule has 0 heterocycles. The molecule has 30 heavy (non-hydrogen) atoms. The Hall–Kier alpha value is -0.720. The zero-order valence-corrected chi connectivity index (χ0v) is 20.6. The van der Waals surface area contributed by atoms with Gasteiger partial charge in [-0.15, -0.1) is 0 Å². The number of nitrogens with one attached hydrogen (secondary N) is 1. The molecule has 4 saturated carbocycles. The Morgan fingerprint density at radius 1 is 1.00 bits per heavy atom. The highest BCUT2D eigenvalue weighted by atomic mass is 32.2. The Labute approximate surface area is 185 Å². The Morgan fingerprint density at radius 3 is 1.90 bits per heavy atom. The second-order valence-electron chi connectivity index (χ2n) is 11.4. The Bertz CT molecular complexity index is 879. The van der Waals surface area contributed by atoms with E-state index in [1.54, 1.807) is 0 Å². The van der Waals surface area contributed by atoms with E-state index in [0.29, 0.717) is 22.6 Å². The largest absolute Gasteiger partial charge is 0.237 e. The molecule has 0 amide bonds. The van der Waals surface area contributed by atoms with Crippen LogP contribution < -0.4 is 4.72 Å². The highest BCUT2D eigenvalue weighted by molar-refractivity contribution is 7.93. The summed E-state index contributed by atoms with van der Waals surface area (Å²) in [5.74, 6) is 1.75. The summed E-state index contributed by atoms with van der Waals surface area (Å²) < 4.78 is 44.0. The lowest BCUT2D eigenvalue weighted by atomic mass is 9.56. The Balaban J connectivity index is 1.61. The first-order valence-corrected chi connectivity index (χ1v) is 14.1. The molecule has 0 saturated heterocycles. The van der Waals surface area contributed by atoms with Gasteiger partial charge in [-0.3, -0.25) is 0 Å². The number of rotatable bonds is 6. The first-order valence-electron chi connectivity index (χ1n) is 11.4. The van der Waals surface area contributed by atoms with Crippen molar-refractivity contribution in [1.82, 2.24) is 4.72 Å². The predicted molar refractivity (Wildman–Crippen MR) is 123 cm³/mol. The highest BCUT2D eigenvalue weighted by Gasteiger charge is 2.59. The summed E-state index contributed by atoms with van der Waals surface area (Å²) in [6.07, 6.45) is 6.18. The van der Waals surface area contributed by atoms with E-state index < -0.39 is 36.9 Å². The first kappa shape index (κ1) is 22.5. The van der Waals surface area contributed by atoms with Crippen LogP contribution in [0.5, 0.6) is 0 Å². The molecular weight excluding hydrogens is 414 g/mol. The van der Waals surface area contributed by atoms with Crippen molar-refractivity contribution in [3.63, 3.8) is 0 Å². The van der Waals surface area contributed by atoms with E-state index in [2.05, 4.69) is 4.72 Å². The molecule has 0 aromatic heterocycles. The molecule has 0 radical (unpaired) electrons. The minimum atomic E-state index is -3.37. The zero-order chi connectivity index (χ0) is 21.9. The van der Waals surface area contributed by atoms with Gasteiger partial charge in [0.25, 0.3) is 0 Å². The lowest BCUT2D eigenvalue weighted by molar-refractivity contribution is 0.0331. The third-order valence-corrected chi connectivity index (χ3v) is 12.1. The summed E-state index contributed by atoms with van der Waals surface area (Å²) in [4.78, 5) is 0.689. The predicted octanol–water partition coefficient (Wildman–Crippen LogP) is 4.79. The van der Waals surface area contributed by atoms with Gasteiger partial charge in [0, 0.05) is 6.04 Å². The van der Waals surface area contributed by atoms with Crippen LogP contribution in [0.1, 0.15) is 71.8 Å². The van der Waals surface area contributed by atoms with Gasteiger partial charge in [-0.05, 0) is 87.7 Å². The molecular formula is C24H37NO3S2. The third-order valence-electron chi connectivity index (χ3n) is 7.95. The molecule has 6 heteroatoms. The lowest BCUT2D eigenvalue weighted by Gasteiger charge is -2.57. The van der Waals surface area contributed by atoms with E-state index in [9.17, 15) is 12.6 Å². The number of hydrogen-bond donors (Lipinski definition) is 1. The minimum absolute atomic E-state index is 0.338. The Kier molecular flexibility index (Phi) is 5.77. The minimum Gasteiger partial charge on any atom is -0.237 e. The standard InChI is InChI=1S/C24H37NO3S2/c1-16-6-8-21(9-7-16)29(26)25-22(23(3,4)5)17(2)30(27,28)24-13-18-10-19(14-24)12-20(11-18)15-24/h6-9,17-20,22,25H,10-15H2,1-5H3/t17-,18?,19?,20?,22-,24?,29?/m1/s1. The fourth-order valence-corrected chi connectivity index (χ4v) is 11.2. The van der Waals surface area contributed by atoms with Crippen molar-refractivity contribution >= 4 is 20.8 Å². The number of sulfone groups is 1. The second-order valence-corrected chi connectivity index (χ2v) is 15.3. The number of benzene rings is 1. The van der Waals surface area contributed by atoms with Crippen molar-refractivity contribution < 1.29 is 12.6 Å². The average molecular weight is 452 g/mol. The summed E-state index contributed by atoms with van der Waals surface area (Å²) >= 11 is 0. The van der Waals surface area contributed by atoms with Crippen molar-refractivity contribution in [2.45, 2.75) is 94.1 Å². The highest BCUT2D eigenvalue weighted by Crippen LogP contribution is 2.59. The van der Waals surface area contributed by atoms with Crippen LogP contribution in [-0.2, 0) is 20.8 Å². The number of hydrogen-bond acceptors (Lipinski definition) is 3. The van der Waals surface area contributed by atoms with Crippen LogP contribution in [0.3, 0.4) is 0 Å². The average Bonchev–Trinajstić information content (AvgIpc) is 2.63. The molecule has 0 aliphatic heterocycles. The maximum Gasteiger partial charge on any atom is 0.160 e. The van der Waals surface area contributed by atoms with Crippen molar-refractivity contribution in [1.29, 1.82) is 0 Å². The van der Waals surface area contributed by atoms with Crippen molar-refractivity contribution in [2.75, 3.05) is 0 Å². The SMILES string of the molecule is Cc1ccc(S(=O)N[C@H]([C@@H](C)S(=O)(=O)C23CC4CC(CC(C4)C2)C3)C(C)(C)C)cc1. The van der Waals surface area contributed by atoms with Crippen molar-refractivity contribution in [2.24, 2.45) is 23.2 Å². The smallest absolute Gasteiger partial charge is 0.160 e. The van der Waals surface area contributed by atoms with Crippen LogP contribution in [0.15, 0.2) is 29.2 Å². The molecule has 1 aromatic carbocycles. The summed E-state index contributed by atoms with van der Waals surface area (Å²) in [6, 6.07) is 7.21. The molecule has 4 bridgehead atoms. The van der Waals surface area contributed by atoms with Gasteiger partial charge in [-0.2, -0.15) is 0 Å². The van der Waals surface area contributed by atoms with Crippen LogP contribution in [0.2, 0.25) is 0 Å². The number of aryl methyl sites for hydroxylation is 1. The van der Waals surface area contributed by atoms with Gasteiger partial charge in [0.1, 0.15) is 11.0 Å². The van der Waals surface area contributed by atoms with E-state index in [4.69, 9.17) is 0 Å². The molecule has 5 rings (SSSR count). The summed E-state index contributed by atoms with van der Waals surface area (Å²) in [5.41, 5.74) is 0.774. The zero-order valence-electron chi connectivity index (χ0n) is 19.0. The molecule has 4 nitrogen and oxygen atoms in total. The van der Waals surface area contributed by atoms with Gasteiger partial charge in [0.05, 0.1) is 14.9 Å². The topological polar surface area (TPSA) is 63.2 Å². The van der Waals surface area contributed by atoms with Gasteiger partial charge in [0.15, 0.2) is 9.84 Å². The Morgan fingerprint density at radius 2 is 1.47 bits per heavy atom. The van der Waals surface area contributed by atoms with Gasteiger partial charge >= 0.3 is 0 Å². The fourth-order valence-electron chi connectivity index (χ4n) is 6.78. The van der Waals surface area contributed by atoms with E-state index in [1.807, 2.05) is 58.9 Å². The normalized spacial score (nSPS) is 34.0. The molecule has 168 valence electrons. The molecule has 4 fully saturated rings. The van der Waals surface area contributed by atoms with Crippen LogP contribution in [0, 0.1) is 30.1 Å². The maximum atomic E-state index is 14.1. The van der Waals surface area contributed by atoms with E-state index >= 15 is 0 Å². The fraction of sp³-hybridized carbons (Fsp3) is 0.750. The second kappa shape index (κ2) is 7.70. The first-order chi connectivity index (χ1) is 13.9.